The molecule has 236 valence electrons. The highest BCUT2D eigenvalue weighted by molar-refractivity contribution is 4.56. The summed E-state index contributed by atoms with van der Waals surface area (Å²) >= 11 is 0. The van der Waals surface area contributed by atoms with Crippen LogP contribution in [0.2, 0.25) is 0 Å². The molecule has 0 aromatic rings. The van der Waals surface area contributed by atoms with Crippen molar-refractivity contribution in [3.63, 3.8) is 0 Å². The van der Waals surface area contributed by atoms with Gasteiger partial charge in [0.05, 0.1) is 0 Å². The first-order valence-corrected chi connectivity index (χ1v) is 19.0. The number of hydrogen-bond acceptors (Lipinski definition) is 1. The third-order valence-electron chi connectivity index (χ3n) is 9.04. The molecule has 0 N–H and O–H groups in total. The van der Waals surface area contributed by atoms with Crippen LogP contribution in [-0.4, -0.2) is 25.0 Å². The lowest BCUT2D eigenvalue weighted by Crippen LogP contribution is -2.20. The van der Waals surface area contributed by atoms with Gasteiger partial charge in [-0.3, -0.25) is 0 Å². The summed E-state index contributed by atoms with van der Waals surface area (Å²) in [6.07, 6.45) is 48.3. The Hall–Kier alpha value is -0.0400. The molecular formula is C38H79N. The van der Waals surface area contributed by atoms with Gasteiger partial charge in [0.2, 0.25) is 0 Å². The largest absolute Gasteiger partial charge is 0.306 e. The summed E-state index contributed by atoms with van der Waals surface area (Å²) < 4.78 is 0. The summed E-state index contributed by atoms with van der Waals surface area (Å²) in [6.45, 7) is 7.25. The van der Waals surface area contributed by atoms with Crippen LogP contribution in [0, 0.1) is 0 Å². The van der Waals surface area contributed by atoms with E-state index in [2.05, 4.69) is 25.8 Å². The first-order chi connectivity index (χ1) is 19.3. The van der Waals surface area contributed by atoms with E-state index in [9.17, 15) is 0 Å². The van der Waals surface area contributed by atoms with Crippen molar-refractivity contribution in [3.8, 4) is 0 Å². The zero-order valence-electron chi connectivity index (χ0n) is 28.2. The van der Waals surface area contributed by atoms with Gasteiger partial charge in [0.25, 0.3) is 0 Å². The maximum atomic E-state index is 2.59. The molecule has 1 heteroatoms. The van der Waals surface area contributed by atoms with Gasteiger partial charge in [-0.2, -0.15) is 0 Å². The summed E-state index contributed by atoms with van der Waals surface area (Å²) in [4.78, 5) is 2.59. The molecule has 0 unspecified atom stereocenters. The minimum atomic E-state index is 1.32. The second kappa shape index (κ2) is 36.0. The maximum Gasteiger partial charge on any atom is -0.00218 e. The number of rotatable bonds is 35. The van der Waals surface area contributed by atoms with Gasteiger partial charge in [0.1, 0.15) is 0 Å². The highest BCUT2D eigenvalue weighted by Crippen LogP contribution is 2.15. The minimum absolute atomic E-state index is 1.32. The van der Waals surface area contributed by atoms with E-state index < -0.39 is 0 Å². The van der Waals surface area contributed by atoms with Crippen molar-refractivity contribution in [2.24, 2.45) is 0 Å². The summed E-state index contributed by atoms with van der Waals surface area (Å²) in [7, 11) is 2.34. The molecular weight excluding hydrogens is 470 g/mol. The monoisotopic (exact) mass is 550 g/mol. The summed E-state index contributed by atoms with van der Waals surface area (Å²) in [5, 5.41) is 0. The summed E-state index contributed by atoms with van der Waals surface area (Å²) in [5.41, 5.74) is 0. The van der Waals surface area contributed by atoms with E-state index in [1.165, 1.54) is 225 Å². The van der Waals surface area contributed by atoms with Gasteiger partial charge in [-0.15, -0.1) is 0 Å². The Morgan fingerprint density at radius 2 is 0.385 bits per heavy atom. The molecule has 1 nitrogen and oxygen atoms in total. The van der Waals surface area contributed by atoms with Crippen molar-refractivity contribution >= 4 is 0 Å². The zero-order valence-corrected chi connectivity index (χ0v) is 28.2. The molecule has 0 heterocycles. The Morgan fingerprint density at radius 1 is 0.231 bits per heavy atom. The maximum absolute atomic E-state index is 2.59. The Bertz CT molecular complexity index is 406. The molecule has 0 amide bonds. The standard InChI is InChI=1S/C38H79N/c1-4-6-8-10-12-14-16-18-20-22-24-26-28-30-32-34-36-38-39(3)37-35-33-31-29-27-25-23-21-19-17-15-13-11-9-7-5-2/h4-38H2,1-3H3. The van der Waals surface area contributed by atoms with Gasteiger partial charge in [-0.05, 0) is 33.0 Å². The number of nitrogens with zero attached hydrogens (tertiary/aromatic N) is 1. The fourth-order valence-corrected chi connectivity index (χ4v) is 6.15. The molecule has 0 rings (SSSR count). The molecule has 0 bridgehead atoms. The van der Waals surface area contributed by atoms with Crippen LogP contribution in [0.15, 0.2) is 0 Å². The van der Waals surface area contributed by atoms with Crippen LogP contribution < -0.4 is 0 Å². The Morgan fingerprint density at radius 3 is 0.564 bits per heavy atom. The van der Waals surface area contributed by atoms with Crippen molar-refractivity contribution in [1.82, 2.24) is 4.90 Å². The van der Waals surface area contributed by atoms with E-state index in [4.69, 9.17) is 0 Å². The Kier molecular flexibility index (Phi) is 35.9. The molecule has 0 atom stereocenters. The molecule has 0 fully saturated rings. The molecule has 0 aromatic heterocycles. The lowest BCUT2D eigenvalue weighted by Gasteiger charge is -2.16. The number of hydrogen-bond donors (Lipinski definition) is 0. The smallest absolute Gasteiger partial charge is 0.00218 e. The predicted molar refractivity (Wildman–Crippen MR) is 181 cm³/mol. The Balaban J connectivity index is 3.13. The topological polar surface area (TPSA) is 3.24 Å². The summed E-state index contributed by atoms with van der Waals surface area (Å²) in [6, 6.07) is 0. The van der Waals surface area contributed by atoms with Crippen LogP contribution >= 0.6 is 0 Å². The minimum Gasteiger partial charge on any atom is -0.306 e. The highest BCUT2D eigenvalue weighted by atomic mass is 15.1. The van der Waals surface area contributed by atoms with Gasteiger partial charge in [-0.25, -0.2) is 0 Å². The van der Waals surface area contributed by atoms with Crippen LogP contribution in [-0.2, 0) is 0 Å². The van der Waals surface area contributed by atoms with Crippen molar-refractivity contribution in [2.45, 2.75) is 226 Å². The quantitative estimate of drug-likeness (QED) is 0.0710. The predicted octanol–water partition coefficient (Wildman–Crippen LogP) is 13.8. The fourth-order valence-electron chi connectivity index (χ4n) is 6.15. The first kappa shape index (κ1) is 39.0. The molecule has 0 aliphatic rings. The van der Waals surface area contributed by atoms with E-state index in [1.54, 1.807) is 0 Å². The first-order valence-electron chi connectivity index (χ1n) is 19.0. The van der Waals surface area contributed by atoms with Crippen LogP contribution in [0.4, 0.5) is 0 Å². The van der Waals surface area contributed by atoms with Crippen LogP contribution in [0.1, 0.15) is 226 Å². The normalized spacial score (nSPS) is 11.7. The molecule has 0 aliphatic heterocycles. The molecule has 39 heavy (non-hydrogen) atoms. The lowest BCUT2D eigenvalue weighted by atomic mass is 10.0. The summed E-state index contributed by atoms with van der Waals surface area (Å²) in [5.74, 6) is 0. The van der Waals surface area contributed by atoms with Gasteiger partial charge in [-0.1, -0.05) is 213 Å². The van der Waals surface area contributed by atoms with E-state index >= 15 is 0 Å². The number of unbranched alkanes of at least 4 members (excludes halogenated alkanes) is 31. The van der Waals surface area contributed by atoms with Gasteiger partial charge >= 0.3 is 0 Å². The van der Waals surface area contributed by atoms with Gasteiger partial charge < -0.3 is 4.90 Å². The third kappa shape index (κ3) is 35.9. The highest BCUT2D eigenvalue weighted by Gasteiger charge is 2.00. The molecule has 0 aliphatic carbocycles. The van der Waals surface area contributed by atoms with Gasteiger partial charge in [0, 0.05) is 0 Å². The van der Waals surface area contributed by atoms with Crippen LogP contribution in [0.3, 0.4) is 0 Å². The van der Waals surface area contributed by atoms with E-state index in [0.29, 0.717) is 0 Å². The average Bonchev–Trinajstić information content (AvgIpc) is 2.94. The van der Waals surface area contributed by atoms with Crippen molar-refractivity contribution < 1.29 is 0 Å². The van der Waals surface area contributed by atoms with Crippen molar-refractivity contribution in [1.29, 1.82) is 0 Å². The van der Waals surface area contributed by atoms with E-state index in [-0.39, 0.29) is 0 Å². The third-order valence-corrected chi connectivity index (χ3v) is 9.04. The Labute approximate surface area is 250 Å². The lowest BCUT2D eigenvalue weighted by molar-refractivity contribution is 0.314. The molecule has 0 aromatic carbocycles. The molecule has 0 radical (unpaired) electrons. The van der Waals surface area contributed by atoms with Crippen LogP contribution in [0.5, 0.6) is 0 Å². The van der Waals surface area contributed by atoms with Crippen LogP contribution in [0.25, 0.3) is 0 Å². The van der Waals surface area contributed by atoms with E-state index in [0.717, 1.165) is 0 Å². The average molecular weight is 550 g/mol. The molecule has 0 saturated heterocycles. The second-order valence-corrected chi connectivity index (χ2v) is 13.3. The zero-order chi connectivity index (χ0) is 28.3. The van der Waals surface area contributed by atoms with Crippen molar-refractivity contribution in [3.05, 3.63) is 0 Å². The molecule has 0 spiro atoms. The SMILES string of the molecule is CCCCCCCCCCCCCCCCCCCN(C)CCCCCCCCCCCCCCCCCC. The fraction of sp³-hybridized carbons (Fsp3) is 1.00. The van der Waals surface area contributed by atoms with Crippen molar-refractivity contribution in [2.75, 3.05) is 20.1 Å². The second-order valence-electron chi connectivity index (χ2n) is 13.3. The van der Waals surface area contributed by atoms with E-state index in [1.807, 2.05) is 0 Å². The van der Waals surface area contributed by atoms with Gasteiger partial charge in [0.15, 0.2) is 0 Å². The molecule has 0 saturated carbocycles.